The van der Waals surface area contributed by atoms with E-state index in [4.69, 9.17) is 0 Å². The molecule has 0 saturated carbocycles. The molecule has 2 rings (SSSR count). The van der Waals surface area contributed by atoms with Crippen LogP contribution in [-0.4, -0.2) is 24.9 Å². The summed E-state index contributed by atoms with van der Waals surface area (Å²) in [6.07, 6.45) is 18.7. The molecule has 204 valence electrons. The summed E-state index contributed by atoms with van der Waals surface area (Å²) in [5.74, 6) is -0.110. The highest BCUT2D eigenvalue weighted by atomic mass is 16.2. The fourth-order valence-electron chi connectivity index (χ4n) is 4.41. The molecule has 0 aliphatic rings. The van der Waals surface area contributed by atoms with Crippen molar-refractivity contribution in [2.24, 2.45) is 0 Å². The molecular weight excluding hydrogens is 458 g/mol. The summed E-state index contributed by atoms with van der Waals surface area (Å²) in [7, 11) is 0. The van der Waals surface area contributed by atoms with Crippen LogP contribution >= 0.6 is 0 Å². The number of hydrogen-bond acceptors (Lipinski definition) is 3. The van der Waals surface area contributed by atoms with Gasteiger partial charge in [0.1, 0.15) is 0 Å². The zero-order valence-electron chi connectivity index (χ0n) is 23.0. The second kappa shape index (κ2) is 20.3. The molecular formula is C32H49N3O2. The predicted molar refractivity (Wildman–Crippen MR) is 156 cm³/mol. The van der Waals surface area contributed by atoms with Gasteiger partial charge in [0.15, 0.2) is 0 Å². The van der Waals surface area contributed by atoms with E-state index in [0.29, 0.717) is 12.1 Å². The lowest BCUT2D eigenvalue weighted by molar-refractivity contribution is -0.119. The molecule has 0 saturated heterocycles. The lowest BCUT2D eigenvalue weighted by atomic mass is 10.0. The topological polar surface area (TPSA) is 70.2 Å². The van der Waals surface area contributed by atoms with E-state index in [1.54, 1.807) is 12.1 Å². The number of unbranched alkanes of at least 4 members (excludes halogenated alkanes) is 13. The first-order valence-corrected chi connectivity index (χ1v) is 14.6. The molecule has 0 atom stereocenters. The minimum atomic E-state index is -0.110. The fraction of sp³-hybridized carbons (Fsp3) is 0.562. The predicted octanol–water partition coefficient (Wildman–Crippen LogP) is 7.63. The van der Waals surface area contributed by atoms with Gasteiger partial charge in [-0.15, -0.1) is 0 Å². The third-order valence-electron chi connectivity index (χ3n) is 6.75. The number of rotatable bonds is 21. The summed E-state index contributed by atoms with van der Waals surface area (Å²) in [5, 5.41) is 9.04. The summed E-state index contributed by atoms with van der Waals surface area (Å²) >= 11 is 0. The van der Waals surface area contributed by atoms with Crippen molar-refractivity contribution >= 4 is 17.5 Å². The maximum absolute atomic E-state index is 12.3. The first-order valence-electron chi connectivity index (χ1n) is 14.6. The lowest BCUT2D eigenvalue weighted by Crippen LogP contribution is -2.30. The zero-order chi connectivity index (χ0) is 26.4. The first kappa shape index (κ1) is 30.4. The van der Waals surface area contributed by atoms with Crippen molar-refractivity contribution in [3.05, 3.63) is 65.7 Å². The normalized spacial score (nSPS) is 10.7. The Bertz CT molecular complexity index is 852. The third-order valence-corrected chi connectivity index (χ3v) is 6.75. The molecule has 0 bridgehead atoms. The summed E-state index contributed by atoms with van der Waals surface area (Å²) < 4.78 is 0. The van der Waals surface area contributed by atoms with Gasteiger partial charge in [-0.25, -0.2) is 0 Å². The van der Waals surface area contributed by atoms with Gasteiger partial charge in [0, 0.05) is 24.3 Å². The minimum absolute atomic E-state index is 0.000579. The highest BCUT2D eigenvalue weighted by Gasteiger charge is 2.06. The number of benzene rings is 2. The van der Waals surface area contributed by atoms with Crippen molar-refractivity contribution in [1.82, 2.24) is 10.6 Å². The molecule has 0 aliphatic carbocycles. The second-order valence-corrected chi connectivity index (χ2v) is 10.0. The maximum atomic E-state index is 12.3. The Morgan fingerprint density at radius 2 is 1.16 bits per heavy atom. The number of nitrogens with one attached hydrogen (secondary N) is 3. The van der Waals surface area contributed by atoms with Crippen LogP contribution in [0.2, 0.25) is 0 Å². The SMILES string of the molecule is CCCCCCCCCCCCCCCCNC(=O)CNc1ccc(C(=O)NCc2ccccc2)cc1. The Hall–Kier alpha value is -2.82. The maximum Gasteiger partial charge on any atom is 0.251 e. The molecule has 2 aromatic carbocycles. The van der Waals surface area contributed by atoms with Crippen LogP contribution in [0.15, 0.2) is 54.6 Å². The molecule has 0 unspecified atom stereocenters. The van der Waals surface area contributed by atoms with Gasteiger partial charge in [0.05, 0.1) is 6.54 Å². The molecule has 2 aromatic rings. The van der Waals surface area contributed by atoms with Crippen molar-refractivity contribution in [3.63, 3.8) is 0 Å². The van der Waals surface area contributed by atoms with Crippen molar-refractivity contribution in [2.75, 3.05) is 18.4 Å². The van der Waals surface area contributed by atoms with Crippen LogP contribution in [0.4, 0.5) is 5.69 Å². The van der Waals surface area contributed by atoms with Crippen LogP contribution < -0.4 is 16.0 Å². The molecule has 2 amide bonds. The van der Waals surface area contributed by atoms with Crippen molar-refractivity contribution in [2.45, 2.75) is 103 Å². The average molecular weight is 508 g/mol. The van der Waals surface area contributed by atoms with Gasteiger partial charge in [-0.2, -0.15) is 0 Å². The first-order chi connectivity index (χ1) is 18.2. The third kappa shape index (κ3) is 15.1. The molecule has 0 aromatic heterocycles. The van der Waals surface area contributed by atoms with Crippen molar-refractivity contribution in [1.29, 1.82) is 0 Å². The van der Waals surface area contributed by atoms with Gasteiger partial charge in [-0.1, -0.05) is 121 Å². The van der Waals surface area contributed by atoms with Gasteiger partial charge in [-0.05, 0) is 36.2 Å². The molecule has 0 fully saturated rings. The van der Waals surface area contributed by atoms with E-state index in [1.807, 2.05) is 42.5 Å². The van der Waals surface area contributed by atoms with Gasteiger partial charge in [0.2, 0.25) is 5.91 Å². The van der Waals surface area contributed by atoms with Crippen molar-refractivity contribution < 1.29 is 9.59 Å². The largest absolute Gasteiger partial charge is 0.376 e. The fourth-order valence-corrected chi connectivity index (χ4v) is 4.41. The Morgan fingerprint density at radius 1 is 0.622 bits per heavy atom. The second-order valence-electron chi connectivity index (χ2n) is 10.0. The average Bonchev–Trinajstić information content (AvgIpc) is 2.93. The van der Waals surface area contributed by atoms with Crippen molar-refractivity contribution in [3.8, 4) is 0 Å². The smallest absolute Gasteiger partial charge is 0.251 e. The van der Waals surface area contributed by atoms with Crippen LogP contribution in [0, 0.1) is 0 Å². The van der Waals surface area contributed by atoms with E-state index in [1.165, 1.54) is 83.5 Å². The molecule has 3 N–H and O–H groups in total. The quantitative estimate of drug-likeness (QED) is 0.152. The van der Waals surface area contributed by atoms with Crippen LogP contribution in [0.5, 0.6) is 0 Å². The van der Waals surface area contributed by atoms with E-state index in [0.717, 1.165) is 24.2 Å². The Labute approximate surface area is 225 Å². The monoisotopic (exact) mass is 507 g/mol. The highest BCUT2D eigenvalue weighted by molar-refractivity contribution is 5.94. The van der Waals surface area contributed by atoms with Crippen LogP contribution in [-0.2, 0) is 11.3 Å². The molecule has 0 radical (unpaired) electrons. The number of amides is 2. The van der Waals surface area contributed by atoms with E-state index < -0.39 is 0 Å². The summed E-state index contributed by atoms with van der Waals surface area (Å²) in [4.78, 5) is 24.4. The Balaban J connectivity index is 1.42. The van der Waals surface area contributed by atoms with Gasteiger partial charge < -0.3 is 16.0 Å². The summed E-state index contributed by atoms with van der Waals surface area (Å²) in [6, 6.07) is 17.0. The van der Waals surface area contributed by atoms with Gasteiger partial charge in [-0.3, -0.25) is 9.59 Å². The van der Waals surface area contributed by atoms with Gasteiger partial charge in [0.25, 0.3) is 5.91 Å². The van der Waals surface area contributed by atoms with Gasteiger partial charge >= 0.3 is 0 Å². The zero-order valence-corrected chi connectivity index (χ0v) is 23.0. The standard InChI is InChI=1S/C32H49N3O2/c1-2-3-4-5-6-7-8-9-10-11-12-13-14-18-25-33-31(36)27-34-30-23-21-29(22-24-30)32(37)35-26-28-19-16-15-17-20-28/h15-17,19-24,34H,2-14,18,25-27H2,1H3,(H,33,36)(H,35,37). The molecule has 0 aliphatic heterocycles. The van der Waals surface area contributed by atoms with E-state index in [-0.39, 0.29) is 18.4 Å². The number of hydrogen-bond donors (Lipinski definition) is 3. The van der Waals surface area contributed by atoms with E-state index in [9.17, 15) is 9.59 Å². The minimum Gasteiger partial charge on any atom is -0.376 e. The molecule has 0 spiro atoms. The van der Waals surface area contributed by atoms with Crippen LogP contribution in [0.25, 0.3) is 0 Å². The number of anilines is 1. The lowest BCUT2D eigenvalue weighted by Gasteiger charge is -2.09. The Morgan fingerprint density at radius 3 is 1.73 bits per heavy atom. The Kier molecular flexibility index (Phi) is 16.6. The highest BCUT2D eigenvalue weighted by Crippen LogP contribution is 2.13. The molecule has 0 heterocycles. The molecule has 5 heteroatoms. The van der Waals surface area contributed by atoms with E-state index >= 15 is 0 Å². The number of carbonyl (C=O) groups is 2. The molecule has 5 nitrogen and oxygen atoms in total. The summed E-state index contributed by atoms with van der Waals surface area (Å²) in [5.41, 5.74) is 2.49. The summed E-state index contributed by atoms with van der Waals surface area (Å²) in [6.45, 7) is 3.74. The van der Waals surface area contributed by atoms with E-state index in [2.05, 4.69) is 22.9 Å². The van der Waals surface area contributed by atoms with Crippen LogP contribution in [0.1, 0.15) is 113 Å². The number of carbonyl (C=O) groups excluding carboxylic acids is 2. The molecule has 37 heavy (non-hydrogen) atoms. The van der Waals surface area contributed by atoms with Crippen LogP contribution in [0.3, 0.4) is 0 Å².